The van der Waals surface area contributed by atoms with Gasteiger partial charge >= 0.3 is 6.03 Å². The van der Waals surface area contributed by atoms with E-state index in [2.05, 4.69) is 15.6 Å². The molecule has 2 amide bonds. The van der Waals surface area contributed by atoms with Gasteiger partial charge in [-0.1, -0.05) is 35.9 Å². The number of pyridine rings is 1. The monoisotopic (exact) mass is 386 g/mol. The molecule has 2 aromatic carbocycles. The van der Waals surface area contributed by atoms with E-state index < -0.39 is 5.82 Å². The minimum atomic E-state index is -0.529. The molecule has 0 bridgehead atoms. The first-order valence-corrected chi connectivity index (χ1v) is 8.84. The van der Waals surface area contributed by atoms with Gasteiger partial charge in [0.1, 0.15) is 11.6 Å². The molecule has 3 aromatic rings. The van der Waals surface area contributed by atoms with Gasteiger partial charge in [0.15, 0.2) is 0 Å². The molecule has 0 spiro atoms. The molecule has 0 saturated heterocycles. The standard InChI is InChI=1S/C20H20ClFN4O/c1-12(16-11-24-19(23-2)15-7-5-4-6-14(15)16)26(3)20(27)25-13-8-9-18(22)17(21)10-13/h4-12H,1-3H3,(H,23,24)(H,25,27). The molecule has 1 unspecified atom stereocenters. The Morgan fingerprint density at radius 1 is 1.22 bits per heavy atom. The van der Waals surface area contributed by atoms with E-state index in [0.717, 1.165) is 22.2 Å². The summed E-state index contributed by atoms with van der Waals surface area (Å²) in [4.78, 5) is 18.7. The number of benzene rings is 2. The van der Waals surface area contributed by atoms with Crippen LogP contribution in [0.5, 0.6) is 0 Å². The largest absolute Gasteiger partial charge is 0.373 e. The average Bonchev–Trinajstić information content (AvgIpc) is 2.68. The molecule has 27 heavy (non-hydrogen) atoms. The van der Waals surface area contributed by atoms with E-state index in [4.69, 9.17) is 11.6 Å². The number of carbonyl (C=O) groups is 1. The van der Waals surface area contributed by atoms with Crippen molar-refractivity contribution in [2.45, 2.75) is 13.0 Å². The van der Waals surface area contributed by atoms with Gasteiger partial charge in [-0.3, -0.25) is 0 Å². The van der Waals surface area contributed by atoms with Gasteiger partial charge in [-0.25, -0.2) is 14.2 Å². The van der Waals surface area contributed by atoms with Crippen LogP contribution in [0, 0.1) is 5.82 Å². The van der Waals surface area contributed by atoms with Crippen molar-refractivity contribution >= 4 is 39.9 Å². The average molecular weight is 387 g/mol. The third kappa shape index (κ3) is 3.80. The van der Waals surface area contributed by atoms with Crippen LogP contribution in [0.25, 0.3) is 10.8 Å². The van der Waals surface area contributed by atoms with Crippen molar-refractivity contribution in [1.29, 1.82) is 0 Å². The van der Waals surface area contributed by atoms with E-state index in [1.54, 1.807) is 18.1 Å². The predicted octanol–water partition coefficient (Wildman–Crippen LogP) is 5.29. The van der Waals surface area contributed by atoms with Crippen molar-refractivity contribution in [3.8, 4) is 0 Å². The second-order valence-corrected chi connectivity index (χ2v) is 6.61. The number of carbonyl (C=O) groups excluding carboxylic acids is 1. The fraction of sp³-hybridized carbons (Fsp3) is 0.200. The van der Waals surface area contributed by atoms with Gasteiger partial charge in [-0.2, -0.15) is 0 Å². The molecule has 1 aromatic heterocycles. The van der Waals surface area contributed by atoms with E-state index in [9.17, 15) is 9.18 Å². The van der Waals surface area contributed by atoms with Crippen molar-refractivity contribution < 1.29 is 9.18 Å². The Hall–Kier alpha value is -2.86. The van der Waals surface area contributed by atoms with Crippen LogP contribution in [0.1, 0.15) is 18.5 Å². The summed E-state index contributed by atoms with van der Waals surface area (Å²) in [6.45, 7) is 1.93. The van der Waals surface area contributed by atoms with Crippen LogP contribution in [-0.4, -0.2) is 30.0 Å². The highest BCUT2D eigenvalue weighted by molar-refractivity contribution is 6.31. The lowest BCUT2D eigenvalue weighted by Gasteiger charge is -2.26. The van der Waals surface area contributed by atoms with Crippen molar-refractivity contribution in [2.75, 3.05) is 24.7 Å². The summed E-state index contributed by atoms with van der Waals surface area (Å²) in [7, 11) is 3.52. The summed E-state index contributed by atoms with van der Waals surface area (Å²) in [6.07, 6.45) is 1.78. The third-order valence-electron chi connectivity index (χ3n) is 4.58. The normalized spacial score (nSPS) is 11.9. The molecular weight excluding hydrogens is 367 g/mol. The molecule has 0 saturated carbocycles. The van der Waals surface area contributed by atoms with Crippen molar-refractivity contribution in [3.63, 3.8) is 0 Å². The lowest BCUT2D eigenvalue weighted by atomic mass is 10.0. The van der Waals surface area contributed by atoms with Crippen LogP contribution in [0.2, 0.25) is 5.02 Å². The van der Waals surface area contributed by atoms with E-state index in [-0.39, 0.29) is 17.1 Å². The number of hydrogen-bond donors (Lipinski definition) is 2. The Kier molecular flexibility index (Phi) is 5.46. The number of anilines is 2. The maximum Gasteiger partial charge on any atom is 0.322 e. The van der Waals surface area contributed by atoms with Gasteiger partial charge in [0.2, 0.25) is 0 Å². The van der Waals surface area contributed by atoms with Crippen molar-refractivity contribution in [3.05, 3.63) is 65.1 Å². The number of nitrogens with zero attached hydrogens (tertiary/aromatic N) is 2. The quantitative estimate of drug-likeness (QED) is 0.640. The molecule has 2 N–H and O–H groups in total. The van der Waals surface area contributed by atoms with E-state index in [1.165, 1.54) is 18.2 Å². The molecule has 1 heterocycles. The van der Waals surface area contributed by atoms with Crippen LogP contribution in [-0.2, 0) is 0 Å². The van der Waals surface area contributed by atoms with Gasteiger partial charge in [0, 0.05) is 36.9 Å². The van der Waals surface area contributed by atoms with Gasteiger partial charge < -0.3 is 15.5 Å². The lowest BCUT2D eigenvalue weighted by Crippen LogP contribution is -2.33. The smallest absolute Gasteiger partial charge is 0.322 e. The molecule has 7 heteroatoms. The van der Waals surface area contributed by atoms with Gasteiger partial charge in [-0.05, 0) is 30.5 Å². The first-order chi connectivity index (χ1) is 12.9. The zero-order valence-electron chi connectivity index (χ0n) is 15.3. The molecule has 140 valence electrons. The molecule has 1 atom stereocenters. The summed E-state index contributed by atoms with van der Waals surface area (Å²) in [5.74, 6) is 0.258. The van der Waals surface area contributed by atoms with Crippen molar-refractivity contribution in [2.24, 2.45) is 0 Å². The fourth-order valence-corrected chi connectivity index (χ4v) is 3.10. The van der Waals surface area contributed by atoms with Gasteiger partial charge in [-0.15, -0.1) is 0 Å². The first-order valence-electron chi connectivity index (χ1n) is 8.46. The number of halogens is 2. The zero-order chi connectivity index (χ0) is 19.6. The molecule has 5 nitrogen and oxygen atoms in total. The van der Waals surface area contributed by atoms with Crippen molar-refractivity contribution in [1.82, 2.24) is 9.88 Å². The topological polar surface area (TPSA) is 57.3 Å². The van der Waals surface area contributed by atoms with Crippen LogP contribution < -0.4 is 10.6 Å². The number of nitrogens with one attached hydrogen (secondary N) is 2. The minimum absolute atomic E-state index is 0.0404. The van der Waals surface area contributed by atoms with E-state index >= 15 is 0 Å². The number of urea groups is 1. The minimum Gasteiger partial charge on any atom is -0.373 e. The Morgan fingerprint density at radius 3 is 2.59 bits per heavy atom. The molecule has 3 rings (SSSR count). The van der Waals surface area contributed by atoms with Gasteiger partial charge in [0.05, 0.1) is 11.1 Å². The SMILES string of the molecule is CNc1ncc(C(C)N(C)C(=O)Nc2ccc(F)c(Cl)c2)c2ccccc12. The number of fused-ring (bicyclic) bond motifs is 1. The van der Waals surface area contributed by atoms with Crippen LogP contribution in [0.15, 0.2) is 48.7 Å². The van der Waals surface area contributed by atoms with E-state index in [0.29, 0.717) is 5.69 Å². The second-order valence-electron chi connectivity index (χ2n) is 6.20. The molecule has 0 aliphatic carbocycles. The summed E-state index contributed by atoms with van der Waals surface area (Å²) in [5.41, 5.74) is 1.36. The highest BCUT2D eigenvalue weighted by Gasteiger charge is 2.21. The summed E-state index contributed by atoms with van der Waals surface area (Å²) in [6, 6.07) is 11.4. The summed E-state index contributed by atoms with van der Waals surface area (Å²) >= 11 is 5.78. The maximum atomic E-state index is 13.3. The Labute approximate surface area is 162 Å². The number of rotatable bonds is 4. The summed E-state index contributed by atoms with van der Waals surface area (Å²) in [5, 5.41) is 7.79. The lowest BCUT2D eigenvalue weighted by molar-refractivity contribution is 0.208. The first kappa shape index (κ1) is 18.9. The molecule has 0 aliphatic heterocycles. The van der Waals surface area contributed by atoms with Crippen LogP contribution in [0.3, 0.4) is 0 Å². The van der Waals surface area contributed by atoms with E-state index in [1.807, 2.05) is 38.2 Å². The van der Waals surface area contributed by atoms with Crippen LogP contribution in [0.4, 0.5) is 20.7 Å². The highest BCUT2D eigenvalue weighted by atomic mass is 35.5. The predicted molar refractivity (Wildman–Crippen MR) is 108 cm³/mol. The fourth-order valence-electron chi connectivity index (χ4n) is 2.92. The number of amides is 2. The summed E-state index contributed by atoms with van der Waals surface area (Å²) < 4.78 is 13.3. The Bertz CT molecular complexity index is 995. The number of hydrogen-bond acceptors (Lipinski definition) is 3. The van der Waals surface area contributed by atoms with Crippen LogP contribution >= 0.6 is 11.6 Å². The Morgan fingerprint density at radius 2 is 1.93 bits per heavy atom. The molecule has 0 aliphatic rings. The molecule has 0 fully saturated rings. The zero-order valence-corrected chi connectivity index (χ0v) is 16.0. The third-order valence-corrected chi connectivity index (χ3v) is 4.87. The maximum absolute atomic E-state index is 13.3. The van der Waals surface area contributed by atoms with Gasteiger partial charge in [0.25, 0.3) is 0 Å². The highest BCUT2D eigenvalue weighted by Crippen LogP contribution is 2.30. The molecular formula is C20H20ClFN4O. The number of aromatic nitrogens is 1. The Balaban J connectivity index is 1.86. The molecule has 0 radical (unpaired) electrons. The second kappa shape index (κ2) is 7.80.